The lowest BCUT2D eigenvalue weighted by Crippen LogP contribution is -2.21. The van der Waals surface area contributed by atoms with Crippen molar-refractivity contribution in [2.45, 2.75) is 19.0 Å². The Hall–Kier alpha value is -3.98. The Bertz CT molecular complexity index is 1260. The molecular weight excluding hydrogens is 448 g/mol. The quantitative estimate of drug-likeness (QED) is 0.221. The molecule has 1 amide bonds. The fourth-order valence-electron chi connectivity index (χ4n) is 3.19. The number of hydrogen-bond donors (Lipinski definition) is 1. The third kappa shape index (κ3) is 5.68. The van der Waals surface area contributed by atoms with Crippen LogP contribution in [-0.2, 0) is 4.79 Å². The van der Waals surface area contributed by atoms with E-state index in [0.717, 1.165) is 22.6 Å². The van der Waals surface area contributed by atoms with E-state index in [-0.39, 0.29) is 11.7 Å². The first-order valence-corrected chi connectivity index (χ1v) is 11.7. The number of hydrogen-bond acceptors (Lipinski definition) is 7. The van der Waals surface area contributed by atoms with E-state index in [1.54, 1.807) is 12.4 Å². The Morgan fingerprint density at radius 2 is 1.76 bits per heavy atom. The minimum atomic E-state index is -0.235. The van der Waals surface area contributed by atoms with Gasteiger partial charge in [0.2, 0.25) is 0 Å². The lowest BCUT2D eigenvalue weighted by molar-refractivity contribution is -0.118. The van der Waals surface area contributed by atoms with Crippen molar-refractivity contribution in [1.29, 1.82) is 0 Å². The van der Waals surface area contributed by atoms with E-state index >= 15 is 0 Å². The van der Waals surface area contributed by atoms with Gasteiger partial charge in [-0.05, 0) is 50.2 Å². The van der Waals surface area contributed by atoms with Crippen molar-refractivity contribution in [2.75, 3.05) is 12.4 Å². The molecule has 0 aliphatic rings. The topological polar surface area (TPSA) is 94.3 Å². The van der Waals surface area contributed by atoms with Crippen molar-refractivity contribution < 1.29 is 9.53 Å². The van der Waals surface area contributed by atoms with Crippen molar-refractivity contribution in [2.24, 2.45) is 5.10 Å². The van der Waals surface area contributed by atoms with Crippen LogP contribution in [0.25, 0.3) is 17.1 Å². The van der Waals surface area contributed by atoms with Gasteiger partial charge in [-0.25, -0.2) is 5.43 Å². The number of carbonyl (C=O) groups excluding carboxylic acids is 1. The summed E-state index contributed by atoms with van der Waals surface area (Å²) >= 11 is 1.29. The summed E-state index contributed by atoms with van der Waals surface area (Å²) in [6.07, 6.45) is 3.37. The zero-order chi connectivity index (χ0) is 23.8. The average Bonchev–Trinajstić information content (AvgIpc) is 3.31. The highest BCUT2D eigenvalue weighted by Crippen LogP contribution is 2.28. The molecule has 172 valence electrons. The van der Waals surface area contributed by atoms with Gasteiger partial charge in [-0.15, -0.1) is 10.2 Å². The molecule has 0 aliphatic carbocycles. The highest BCUT2D eigenvalue weighted by molar-refractivity contribution is 7.99. The monoisotopic (exact) mass is 472 g/mol. The van der Waals surface area contributed by atoms with Crippen LogP contribution in [0.2, 0.25) is 0 Å². The van der Waals surface area contributed by atoms with Gasteiger partial charge in [-0.3, -0.25) is 14.3 Å². The Morgan fingerprint density at radius 1 is 1.03 bits per heavy atom. The lowest BCUT2D eigenvalue weighted by atomic mass is 10.2. The first-order valence-electron chi connectivity index (χ1n) is 10.8. The summed E-state index contributed by atoms with van der Waals surface area (Å²) in [6.45, 7) is 4.38. The summed E-state index contributed by atoms with van der Waals surface area (Å²) in [4.78, 5) is 16.5. The maximum absolute atomic E-state index is 12.5. The summed E-state index contributed by atoms with van der Waals surface area (Å²) in [5.41, 5.74) is 6.00. The van der Waals surface area contributed by atoms with Crippen LogP contribution in [0.5, 0.6) is 5.75 Å². The predicted octanol–water partition coefficient (Wildman–Crippen LogP) is 4.36. The molecule has 8 nitrogen and oxygen atoms in total. The predicted molar refractivity (Wildman–Crippen MR) is 133 cm³/mol. The number of nitrogens with one attached hydrogen (secondary N) is 1. The minimum Gasteiger partial charge on any atom is -0.494 e. The molecule has 1 N–H and O–H groups in total. The van der Waals surface area contributed by atoms with Gasteiger partial charge < -0.3 is 4.74 Å². The van der Waals surface area contributed by atoms with Gasteiger partial charge in [0.1, 0.15) is 5.75 Å². The van der Waals surface area contributed by atoms with Crippen LogP contribution in [0.1, 0.15) is 19.4 Å². The van der Waals surface area contributed by atoms with Crippen LogP contribution < -0.4 is 10.2 Å². The second-order valence-electron chi connectivity index (χ2n) is 7.19. The highest BCUT2D eigenvalue weighted by Gasteiger charge is 2.17. The van der Waals surface area contributed by atoms with Crippen LogP contribution in [0, 0.1) is 0 Å². The van der Waals surface area contributed by atoms with Gasteiger partial charge >= 0.3 is 0 Å². The molecule has 0 radical (unpaired) electrons. The van der Waals surface area contributed by atoms with Crippen molar-refractivity contribution in [1.82, 2.24) is 25.2 Å². The first kappa shape index (κ1) is 23.2. The van der Waals surface area contributed by atoms with Gasteiger partial charge in [0.05, 0.1) is 18.1 Å². The van der Waals surface area contributed by atoms with E-state index in [9.17, 15) is 4.79 Å². The van der Waals surface area contributed by atoms with Crippen molar-refractivity contribution >= 4 is 23.4 Å². The van der Waals surface area contributed by atoms with Crippen molar-refractivity contribution in [3.8, 4) is 22.8 Å². The fraction of sp³-hybridized carbons (Fsp3) is 0.160. The van der Waals surface area contributed by atoms with E-state index < -0.39 is 0 Å². The first-order chi connectivity index (χ1) is 16.7. The van der Waals surface area contributed by atoms with Crippen molar-refractivity contribution in [3.63, 3.8) is 0 Å². The van der Waals surface area contributed by atoms with Crippen molar-refractivity contribution in [3.05, 3.63) is 84.7 Å². The molecule has 0 aliphatic heterocycles. The molecule has 0 bridgehead atoms. The molecule has 2 aromatic carbocycles. The Balaban J connectivity index is 1.53. The van der Waals surface area contributed by atoms with Gasteiger partial charge in [-0.1, -0.05) is 42.1 Å². The molecular formula is C25H24N6O2S. The molecule has 0 saturated carbocycles. The Labute approximate surface area is 202 Å². The van der Waals surface area contributed by atoms with Crippen LogP contribution in [0.4, 0.5) is 0 Å². The summed E-state index contributed by atoms with van der Waals surface area (Å²) in [5.74, 6) is 1.38. The fourth-order valence-corrected chi connectivity index (χ4v) is 3.94. The number of pyridine rings is 1. The zero-order valence-corrected chi connectivity index (χ0v) is 19.7. The third-order valence-corrected chi connectivity index (χ3v) is 5.78. The summed E-state index contributed by atoms with van der Waals surface area (Å²) in [5, 5.41) is 13.6. The number of hydrazone groups is 1. The van der Waals surface area contributed by atoms with Crippen LogP contribution >= 0.6 is 11.8 Å². The number of thioether (sulfide) groups is 1. The zero-order valence-electron chi connectivity index (χ0n) is 18.9. The molecule has 9 heteroatoms. The number of aromatic nitrogens is 4. The second kappa shape index (κ2) is 11.2. The number of ether oxygens (including phenoxy) is 1. The number of amides is 1. The molecule has 4 aromatic rings. The molecule has 0 spiro atoms. The van der Waals surface area contributed by atoms with E-state index in [1.807, 2.05) is 85.1 Å². The molecule has 0 unspecified atom stereocenters. The number of rotatable bonds is 9. The second-order valence-corrected chi connectivity index (χ2v) is 8.13. The highest BCUT2D eigenvalue weighted by atomic mass is 32.2. The molecule has 0 atom stereocenters. The van der Waals surface area contributed by atoms with E-state index in [4.69, 9.17) is 4.74 Å². The van der Waals surface area contributed by atoms with Crippen LogP contribution in [-0.4, -0.2) is 43.7 Å². The molecule has 0 fully saturated rings. The molecule has 2 aromatic heterocycles. The lowest BCUT2D eigenvalue weighted by Gasteiger charge is -2.11. The number of nitrogens with zero attached hydrogens (tertiary/aromatic N) is 5. The van der Waals surface area contributed by atoms with Crippen LogP contribution in [0.15, 0.2) is 89.4 Å². The largest absolute Gasteiger partial charge is 0.494 e. The van der Waals surface area contributed by atoms with E-state index in [2.05, 4.69) is 25.7 Å². The Morgan fingerprint density at radius 3 is 2.47 bits per heavy atom. The average molecular weight is 473 g/mol. The molecule has 2 heterocycles. The molecule has 34 heavy (non-hydrogen) atoms. The summed E-state index contributed by atoms with van der Waals surface area (Å²) in [6, 6.07) is 21.2. The van der Waals surface area contributed by atoms with Crippen LogP contribution in [0.3, 0.4) is 0 Å². The number of benzene rings is 2. The Kier molecular flexibility index (Phi) is 7.67. The SMILES string of the molecule is CCOc1ccc(-n2c(SCC(=O)NN=C(C)c3ccncc3)nnc2-c2ccccc2)cc1. The van der Waals surface area contributed by atoms with E-state index in [0.29, 0.717) is 23.3 Å². The minimum absolute atomic E-state index is 0.136. The number of carbonyl (C=O) groups is 1. The molecule has 4 rings (SSSR count). The third-order valence-electron chi connectivity index (χ3n) is 4.85. The van der Waals surface area contributed by atoms with E-state index in [1.165, 1.54) is 11.8 Å². The van der Waals surface area contributed by atoms with Gasteiger partial charge in [0.25, 0.3) is 5.91 Å². The maximum Gasteiger partial charge on any atom is 0.250 e. The van der Waals surface area contributed by atoms with Gasteiger partial charge in [0, 0.05) is 29.2 Å². The standard InChI is InChI=1S/C25H24N6O2S/c1-3-33-22-11-9-21(10-12-22)31-24(20-7-5-4-6-8-20)29-30-25(31)34-17-23(32)28-27-18(2)19-13-15-26-16-14-19/h4-16H,3,17H2,1-2H3,(H,28,32). The molecule has 0 saturated heterocycles. The van der Waals surface area contributed by atoms with Gasteiger partial charge in [0.15, 0.2) is 11.0 Å². The normalized spacial score (nSPS) is 11.3. The smallest absolute Gasteiger partial charge is 0.250 e. The summed E-state index contributed by atoms with van der Waals surface area (Å²) in [7, 11) is 0. The maximum atomic E-state index is 12.5. The van der Waals surface area contributed by atoms with Gasteiger partial charge in [-0.2, -0.15) is 5.10 Å². The summed E-state index contributed by atoms with van der Waals surface area (Å²) < 4.78 is 7.50.